The normalized spacial score (nSPS) is 10.4. The predicted octanol–water partition coefficient (Wildman–Crippen LogP) is 1.92. The van der Waals surface area contributed by atoms with E-state index < -0.39 is 11.8 Å². The molecule has 0 aliphatic rings. The first kappa shape index (κ1) is 10.4. The van der Waals surface area contributed by atoms with Crippen LogP contribution in [0.25, 0.3) is 11.4 Å². The molecule has 82 valence electrons. The van der Waals surface area contributed by atoms with Gasteiger partial charge in [-0.15, -0.1) is 0 Å². The van der Waals surface area contributed by atoms with Crippen molar-refractivity contribution in [1.29, 1.82) is 0 Å². The van der Waals surface area contributed by atoms with Gasteiger partial charge in [-0.05, 0) is 6.07 Å². The number of imidazole rings is 1. The number of hydrogen-bond donors (Lipinski definition) is 1. The van der Waals surface area contributed by atoms with Crippen LogP contribution in [0.5, 0.6) is 0 Å². The summed E-state index contributed by atoms with van der Waals surface area (Å²) in [6.45, 7) is 0. The summed E-state index contributed by atoms with van der Waals surface area (Å²) in [5.41, 5.74) is -0.0724. The van der Waals surface area contributed by atoms with Gasteiger partial charge in [0.2, 0.25) is 0 Å². The molecule has 4 nitrogen and oxygen atoms in total. The third-order valence-electron chi connectivity index (χ3n) is 2.29. The van der Waals surface area contributed by atoms with Crippen LogP contribution in [0, 0.1) is 5.82 Å². The monoisotopic (exact) mass is 220 g/mol. The summed E-state index contributed by atoms with van der Waals surface area (Å²) < 4.78 is 15.0. The fourth-order valence-corrected chi connectivity index (χ4v) is 1.55. The minimum Gasteiger partial charge on any atom is -0.478 e. The zero-order valence-corrected chi connectivity index (χ0v) is 8.51. The van der Waals surface area contributed by atoms with Crippen LogP contribution in [-0.2, 0) is 7.05 Å². The fourth-order valence-electron chi connectivity index (χ4n) is 1.55. The van der Waals surface area contributed by atoms with Crippen LogP contribution in [0.4, 0.5) is 4.39 Å². The molecule has 1 aromatic carbocycles. The highest BCUT2D eigenvalue weighted by Gasteiger charge is 2.18. The second-order valence-electron chi connectivity index (χ2n) is 3.33. The number of carboxylic acids is 1. The van der Waals surface area contributed by atoms with Gasteiger partial charge in [0.05, 0.1) is 0 Å². The smallest absolute Gasteiger partial charge is 0.339 e. The Kier molecular flexibility index (Phi) is 2.44. The molecule has 1 aromatic heterocycles. The Hall–Kier alpha value is -2.17. The molecule has 2 aromatic rings. The molecule has 16 heavy (non-hydrogen) atoms. The highest BCUT2D eigenvalue weighted by atomic mass is 19.1. The van der Waals surface area contributed by atoms with Crippen molar-refractivity contribution in [3.05, 3.63) is 42.0 Å². The first-order valence-electron chi connectivity index (χ1n) is 4.60. The Balaban J connectivity index is 2.70. The van der Waals surface area contributed by atoms with E-state index in [1.165, 1.54) is 18.3 Å². The Morgan fingerprint density at radius 2 is 2.25 bits per heavy atom. The lowest BCUT2D eigenvalue weighted by molar-refractivity contribution is 0.0692. The molecular formula is C11H9FN2O2. The van der Waals surface area contributed by atoms with Crippen molar-refractivity contribution in [2.45, 2.75) is 0 Å². The van der Waals surface area contributed by atoms with Crippen LogP contribution >= 0.6 is 0 Å². The molecule has 1 heterocycles. The van der Waals surface area contributed by atoms with Gasteiger partial charge in [0.25, 0.3) is 0 Å². The molecule has 0 unspecified atom stereocenters. The number of hydrogen-bond acceptors (Lipinski definition) is 2. The van der Waals surface area contributed by atoms with E-state index in [4.69, 9.17) is 5.11 Å². The number of halogens is 1. The first-order valence-corrected chi connectivity index (χ1v) is 4.60. The van der Waals surface area contributed by atoms with E-state index >= 15 is 0 Å². The molecule has 1 N–H and O–H groups in total. The molecule has 2 rings (SSSR count). The summed E-state index contributed by atoms with van der Waals surface area (Å²) in [5, 5.41) is 8.96. The van der Waals surface area contributed by atoms with Crippen molar-refractivity contribution < 1.29 is 14.3 Å². The lowest BCUT2D eigenvalue weighted by Crippen LogP contribution is -2.05. The van der Waals surface area contributed by atoms with E-state index in [2.05, 4.69) is 4.98 Å². The maximum atomic E-state index is 13.4. The molecule has 0 saturated heterocycles. The maximum Gasteiger partial charge on any atom is 0.339 e. The Morgan fingerprint density at radius 1 is 1.50 bits per heavy atom. The molecule has 0 atom stereocenters. The van der Waals surface area contributed by atoms with Crippen molar-refractivity contribution in [3.8, 4) is 11.4 Å². The lowest BCUT2D eigenvalue weighted by atomic mass is 10.1. The topological polar surface area (TPSA) is 55.1 Å². The van der Waals surface area contributed by atoms with Gasteiger partial charge < -0.3 is 9.67 Å². The first-order chi connectivity index (χ1) is 7.61. The van der Waals surface area contributed by atoms with Crippen LogP contribution in [0.1, 0.15) is 10.4 Å². The van der Waals surface area contributed by atoms with Gasteiger partial charge in [0.15, 0.2) is 0 Å². The highest BCUT2D eigenvalue weighted by molar-refractivity contribution is 5.95. The number of carbonyl (C=O) groups is 1. The van der Waals surface area contributed by atoms with E-state index in [1.807, 2.05) is 0 Å². The number of nitrogens with zero attached hydrogens (tertiary/aromatic N) is 2. The number of benzene rings is 1. The van der Waals surface area contributed by atoms with Gasteiger partial charge >= 0.3 is 5.97 Å². The maximum absolute atomic E-state index is 13.4. The molecular weight excluding hydrogens is 211 g/mol. The summed E-state index contributed by atoms with van der Waals surface area (Å²) in [6.07, 6.45) is 3.21. The van der Waals surface area contributed by atoms with Crippen LogP contribution in [0.2, 0.25) is 0 Å². The summed E-state index contributed by atoms with van der Waals surface area (Å²) in [5.74, 6) is -1.62. The third kappa shape index (κ3) is 1.56. The molecule has 0 aliphatic heterocycles. The summed E-state index contributed by atoms with van der Waals surface area (Å²) in [7, 11) is 1.72. The van der Waals surface area contributed by atoms with Crippen LogP contribution in [0.3, 0.4) is 0 Å². The predicted molar refractivity (Wildman–Crippen MR) is 55.6 cm³/mol. The fraction of sp³-hybridized carbons (Fsp3) is 0.0909. The van der Waals surface area contributed by atoms with Crippen molar-refractivity contribution in [1.82, 2.24) is 9.55 Å². The van der Waals surface area contributed by atoms with Crippen LogP contribution in [0.15, 0.2) is 30.6 Å². The molecule has 0 amide bonds. The second kappa shape index (κ2) is 3.77. The van der Waals surface area contributed by atoms with Crippen molar-refractivity contribution >= 4 is 5.97 Å². The molecule has 0 bridgehead atoms. The summed E-state index contributed by atoms with van der Waals surface area (Å²) in [6, 6.07) is 4.12. The Morgan fingerprint density at radius 3 is 2.81 bits per heavy atom. The van der Waals surface area contributed by atoms with E-state index in [1.54, 1.807) is 17.8 Å². The number of aromatic nitrogens is 2. The molecule has 0 spiro atoms. The van der Waals surface area contributed by atoms with Gasteiger partial charge in [-0.25, -0.2) is 14.2 Å². The van der Waals surface area contributed by atoms with Crippen molar-refractivity contribution in [3.63, 3.8) is 0 Å². The molecule has 0 fully saturated rings. The van der Waals surface area contributed by atoms with Gasteiger partial charge in [0.1, 0.15) is 17.2 Å². The van der Waals surface area contributed by atoms with Crippen molar-refractivity contribution in [2.75, 3.05) is 0 Å². The van der Waals surface area contributed by atoms with Crippen LogP contribution in [-0.4, -0.2) is 20.6 Å². The average molecular weight is 220 g/mol. The zero-order valence-electron chi connectivity index (χ0n) is 8.51. The largest absolute Gasteiger partial charge is 0.478 e. The number of rotatable bonds is 2. The molecule has 0 radical (unpaired) electrons. The van der Waals surface area contributed by atoms with E-state index in [9.17, 15) is 9.18 Å². The summed E-state index contributed by atoms with van der Waals surface area (Å²) >= 11 is 0. The Bertz CT molecular complexity index is 549. The third-order valence-corrected chi connectivity index (χ3v) is 2.29. The van der Waals surface area contributed by atoms with Gasteiger partial charge in [-0.3, -0.25) is 0 Å². The minimum absolute atomic E-state index is 0.278. The highest BCUT2D eigenvalue weighted by Crippen LogP contribution is 2.23. The number of aryl methyl sites for hydroxylation is 1. The van der Waals surface area contributed by atoms with E-state index in [0.717, 1.165) is 6.07 Å². The zero-order chi connectivity index (χ0) is 11.7. The number of aromatic carboxylic acids is 1. The van der Waals surface area contributed by atoms with Gasteiger partial charge in [-0.1, -0.05) is 12.1 Å². The standard InChI is InChI=1S/C11H9FN2O2/c1-14-6-5-13-10(14)7-3-2-4-8(12)9(7)11(15)16/h2-6H,1H3,(H,15,16). The molecule has 5 heteroatoms. The minimum atomic E-state index is -1.30. The summed E-state index contributed by atoms with van der Waals surface area (Å²) in [4.78, 5) is 15.0. The van der Waals surface area contributed by atoms with Crippen molar-refractivity contribution in [2.24, 2.45) is 7.05 Å². The quantitative estimate of drug-likeness (QED) is 0.841. The van der Waals surface area contributed by atoms with Crippen LogP contribution < -0.4 is 0 Å². The van der Waals surface area contributed by atoms with Gasteiger partial charge in [0, 0.05) is 25.0 Å². The number of carboxylic acid groups (broad SMARTS) is 1. The molecule has 0 aliphatic carbocycles. The van der Waals surface area contributed by atoms with E-state index in [-0.39, 0.29) is 11.1 Å². The second-order valence-corrected chi connectivity index (χ2v) is 3.33. The van der Waals surface area contributed by atoms with Gasteiger partial charge in [-0.2, -0.15) is 0 Å². The molecule has 0 saturated carbocycles. The SMILES string of the molecule is Cn1ccnc1-c1cccc(F)c1C(=O)O. The average Bonchev–Trinajstić information content (AvgIpc) is 2.63. The lowest BCUT2D eigenvalue weighted by Gasteiger charge is -2.06. The Labute approximate surface area is 91.0 Å². The van der Waals surface area contributed by atoms with E-state index in [0.29, 0.717) is 5.82 Å².